The smallest absolute Gasteiger partial charge is 0.287 e. The Labute approximate surface area is 196 Å². The lowest BCUT2D eigenvalue weighted by molar-refractivity contribution is -0.137. The van der Waals surface area contributed by atoms with Crippen molar-refractivity contribution >= 4 is 31.6 Å². The normalized spacial score (nSPS) is 12.0. The maximum atomic E-state index is 13.7. The van der Waals surface area contributed by atoms with E-state index in [1.54, 1.807) is 18.2 Å². The van der Waals surface area contributed by atoms with Gasteiger partial charge in [0.1, 0.15) is 4.70 Å². The van der Waals surface area contributed by atoms with E-state index < -0.39 is 23.0 Å². The number of aromatic nitrogens is 2. The number of halogens is 3. The SMILES string of the molecule is CCc1ccc(-n2c(=O)c3sc4ccccc4c3n(Cc3cccc(C(F)(F)F)c3)c2=O)cc1. The average molecular weight is 481 g/mol. The van der Waals surface area contributed by atoms with Gasteiger partial charge in [-0.3, -0.25) is 9.36 Å². The van der Waals surface area contributed by atoms with Gasteiger partial charge in [0.25, 0.3) is 5.56 Å². The summed E-state index contributed by atoms with van der Waals surface area (Å²) in [5.74, 6) is 0. The number of alkyl halides is 3. The molecule has 5 aromatic rings. The molecular weight excluding hydrogens is 461 g/mol. The molecule has 0 saturated carbocycles. The fraction of sp³-hybridized carbons (Fsp3) is 0.154. The van der Waals surface area contributed by atoms with Crippen molar-refractivity contribution in [3.05, 3.63) is 110 Å². The van der Waals surface area contributed by atoms with Crippen LogP contribution < -0.4 is 11.2 Å². The molecule has 0 amide bonds. The lowest BCUT2D eigenvalue weighted by Crippen LogP contribution is -2.38. The summed E-state index contributed by atoms with van der Waals surface area (Å²) >= 11 is 1.27. The minimum absolute atomic E-state index is 0.104. The van der Waals surface area contributed by atoms with Crippen molar-refractivity contribution in [3.63, 3.8) is 0 Å². The van der Waals surface area contributed by atoms with Crippen LogP contribution in [0.25, 0.3) is 26.0 Å². The third-order valence-electron chi connectivity index (χ3n) is 5.86. The molecule has 0 atom stereocenters. The van der Waals surface area contributed by atoms with Gasteiger partial charge >= 0.3 is 11.9 Å². The highest BCUT2D eigenvalue weighted by atomic mass is 32.1. The van der Waals surface area contributed by atoms with E-state index >= 15 is 0 Å². The number of rotatable bonds is 4. The second-order valence-electron chi connectivity index (χ2n) is 8.00. The minimum atomic E-state index is -4.49. The molecule has 0 aliphatic carbocycles. The molecule has 3 aromatic carbocycles. The second kappa shape index (κ2) is 8.29. The van der Waals surface area contributed by atoms with Crippen molar-refractivity contribution in [2.45, 2.75) is 26.1 Å². The average Bonchev–Trinajstić information content (AvgIpc) is 3.22. The predicted molar refractivity (Wildman–Crippen MR) is 129 cm³/mol. The number of aryl methyl sites for hydroxylation is 1. The van der Waals surface area contributed by atoms with Crippen LogP contribution in [0, 0.1) is 0 Å². The summed E-state index contributed by atoms with van der Waals surface area (Å²) in [7, 11) is 0. The van der Waals surface area contributed by atoms with E-state index in [0.29, 0.717) is 21.5 Å². The molecule has 172 valence electrons. The number of hydrogen-bond donors (Lipinski definition) is 0. The predicted octanol–water partition coefficient (Wildman–Crippen LogP) is 6.00. The molecule has 8 heteroatoms. The number of nitrogens with zero attached hydrogens (tertiary/aromatic N) is 2. The van der Waals surface area contributed by atoms with Crippen LogP contribution in [0.1, 0.15) is 23.6 Å². The molecule has 0 unspecified atom stereocenters. The molecule has 4 nitrogen and oxygen atoms in total. The van der Waals surface area contributed by atoms with Crippen LogP contribution in [0.5, 0.6) is 0 Å². The first-order valence-electron chi connectivity index (χ1n) is 10.7. The number of hydrogen-bond acceptors (Lipinski definition) is 3. The maximum absolute atomic E-state index is 13.7. The highest BCUT2D eigenvalue weighted by Crippen LogP contribution is 2.32. The van der Waals surface area contributed by atoms with Crippen LogP contribution in [0.4, 0.5) is 13.2 Å². The number of thiophene rings is 1. The zero-order valence-electron chi connectivity index (χ0n) is 18.1. The summed E-state index contributed by atoms with van der Waals surface area (Å²) in [5.41, 5.74) is 0.421. The Balaban J connectivity index is 1.80. The summed E-state index contributed by atoms with van der Waals surface area (Å²) in [5, 5.41) is 0.720. The van der Waals surface area contributed by atoms with E-state index in [9.17, 15) is 22.8 Å². The van der Waals surface area contributed by atoms with Gasteiger partial charge in [0.15, 0.2) is 0 Å². The second-order valence-corrected chi connectivity index (χ2v) is 9.06. The highest BCUT2D eigenvalue weighted by molar-refractivity contribution is 7.25. The molecule has 0 saturated heterocycles. The van der Waals surface area contributed by atoms with E-state index in [1.165, 1.54) is 22.0 Å². The largest absolute Gasteiger partial charge is 0.416 e. The Morgan fingerprint density at radius 3 is 2.32 bits per heavy atom. The van der Waals surface area contributed by atoms with E-state index in [4.69, 9.17) is 0 Å². The summed E-state index contributed by atoms with van der Waals surface area (Å²) in [6.45, 7) is 1.90. The standard InChI is InChI=1S/C26H19F3N2O2S/c1-2-16-10-12-19(13-11-16)31-24(32)23-22(20-8-3-4-9-21(20)34-23)30(25(31)33)15-17-6-5-7-18(14-17)26(27,28)29/h3-14H,2,15H2,1H3. The van der Waals surface area contributed by atoms with Crippen molar-refractivity contribution in [1.29, 1.82) is 0 Å². The van der Waals surface area contributed by atoms with E-state index in [1.807, 2.05) is 43.3 Å². The topological polar surface area (TPSA) is 44.0 Å². The van der Waals surface area contributed by atoms with Gasteiger partial charge in [0.05, 0.1) is 23.3 Å². The van der Waals surface area contributed by atoms with E-state index in [2.05, 4.69) is 0 Å². The Kier molecular flexibility index (Phi) is 5.40. The summed E-state index contributed by atoms with van der Waals surface area (Å²) in [4.78, 5) is 27.2. The fourth-order valence-electron chi connectivity index (χ4n) is 4.13. The molecule has 0 N–H and O–H groups in total. The van der Waals surface area contributed by atoms with Crippen LogP contribution in [0.3, 0.4) is 0 Å². The summed E-state index contributed by atoms with van der Waals surface area (Å²) < 4.78 is 43.6. The van der Waals surface area contributed by atoms with Crippen LogP contribution >= 0.6 is 11.3 Å². The van der Waals surface area contributed by atoms with Crippen LogP contribution in [-0.2, 0) is 19.1 Å². The van der Waals surface area contributed by atoms with Crippen LogP contribution in [0.15, 0.2) is 82.4 Å². The Morgan fingerprint density at radius 2 is 1.62 bits per heavy atom. The first-order valence-corrected chi connectivity index (χ1v) is 11.5. The van der Waals surface area contributed by atoms with Gasteiger partial charge < -0.3 is 0 Å². The lowest BCUT2D eigenvalue weighted by atomic mass is 10.1. The fourth-order valence-corrected chi connectivity index (χ4v) is 5.27. The van der Waals surface area contributed by atoms with Gasteiger partial charge in [0.2, 0.25) is 0 Å². The molecule has 0 spiro atoms. The van der Waals surface area contributed by atoms with Crippen LogP contribution in [0.2, 0.25) is 0 Å². The monoisotopic (exact) mass is 480 g/mol. The Hall–Kier alpha value is -3.65. The van der Waals surface area contributed by atoms with Gasteiger partial charge in [-0.25, -0.2) is 9.36 Å². The quantitative estimate of drug-likeness (QED) is 0.317. The Bertz CT molecular complexity index is 1640. The highest BCUT2D eigenvalue weighted by Gasteiger charge is 2.30. The number of benzene rings is 3. The molecule has 0 aliphatic rings. The first kappa shape index (κ1) is 22.2. The maximum Gasteiger partial charge on any atom is 0.416 e. The third kappa shape index (κ3) is 3.74. The van der Waals surface area contributed by atoms with Gasteiger partial charge in [-0.05, 0) is 47.9 Å². The molecule has 0 bridgehead atoms. The molecule has 0 aliphatic heterocycles. The zero-order valence-corrected chi connectivity index (χ0v) is 18.9. The van der Waals surface area contributed by atoms with Crippen molar-refractivity contribution < 1.29 is 13.2 Å². The third-order valence-corrected chi connectivity index (χ3v) is 7.00. The first-order chi connectivity index (χ1) is 16.3. The molecule has 5 rings (SSSR count). The molecule has 34 heavy (non-hydrogen) atoms. The number of fused-ring (bicyclic) bond motifs is 3. The van der Waals surface area contributed by atoms with Crippen molar-refractivity contribution in [2.24, 2.45) is 0 Å². The van der Waals surface area contributed by atoms with Gasteiger partial charge in [-0.15, -0.1) is 11.3 Å². The van der Waals surface area contributed by atoms with Gasteiger partial charge in [0, 0.05) is 10.1 Å². The van der Waals surface area contributed by atoms with Gasteiger partial charge in [-0.2, -0.15) is 13.2 Å². The molecule has 2 heterocycles. The van der Waals surface area contributed by atoms with E-state index in [0.717, 1.165) is 38.8 Å². The molecule has 0 fully saturated rings. The molecule has 2 aromatic heterocycles. The van der Waals surface area contributed by atoms with Crippen molar-refractivity contribution in [2.75, 3.05) is 0 Å². The molecular formula is C26H19F3N2O2S. The van der Waals surface area contributed by atoms with Gasteiger partial charge in [-0.1, -0.05) is 49.4 Å². The summed E-state index contributed by atoms with van der Waals surface area (Å²) in [6, 6.07) is 19.4. The van der Waals surface area contributed by atoms with Crippen LogP contribution in [-0.4, -0.2) is 9.13 Å². The van der Waals surface area contributed by atoms with E-state index in [-0.39, 0.29) is 6.54 Å². The summed E-state index contributed by atoms with van der Waals surface area (Å²) in [6.07, 6.45) is -3.69. The minimum Gasteiger partial charge on any atom is -0.287 e. The van der Waals surface area contributed by atoms with Crippen molar-refractivity contribution in [1.82, 2.24) is 9.13 Å². The van der Waals surface area contributed by atoms with Crippen molar-refractivity contribution in [3.8, 4) is 5.69 Å². The molecule has 0 radical (unpaired) electrons. The zero-order chi connectivity index (χ0) is 24.0. The lowest BCUT2D eigenvalue weighted by Gasteiger charge is -2.14. The Morgan fingerprint density at radius 1 is 0.882 bits per heavy atom.